The molecule has 0 bridgehead atoms. The van der Waals surface area contributed by atoms with Crippen LogP contribution >= 0.6 is 11.3 Å². The maximum atomic E-state index is 12.0. The van der Waals surface area contributed by atoms with Crippen molar-refractivity contribution in [3.8, 4) is 5.75 Å². The molecule has 1 atom stereocenters. The van der Waals surface area contributed by atoms with Gasteiger partial charge in [-0.15, -0.1) is 11.3 Å². The summed E-state index contributed by atoms with van der Waals surface area (Å²) in [5.41, 5.74) is -0.467. The zero-order valence-corrected chi connectivity index (χ0v) is 15.0. The number of fused-ring (bicyclic) bond motifs is 1. The number of aryl methyl sites for hydroxylation is 1. The summed E-state index contributed by atoms with van der Waals surface area (Å²) in [6.45, 7) is 12.2. The SMILES string of the molecule is CC.Cc1cc2c(s1)CC(N(C)C(=O)OC(C)(C)C)CO2. The van der Waals surface area contributed by atoms with E-state index in [1.807, 2.05) is 34.6 Å². The number of carbonyl (C=O) groups is 1. The third-order valence-corrected chi connectivity index (χ3v) is 4.03. The number of carbonyl (C=O) groups excluding carboxylic acids is 1. The fourth-order valence-corrected chi connectivity index (χ4v) is 3.04. The van der Waals surface area contributed by atoms with Crippen molar-refractivity contribution in [1.82, 2.24) is 4.90 Å². The summed E-state index contributed by atoms with van der Waals surface area (Å²) in [4.78, 5) is 16.1. The van der Waals surface area contributed by atoms with E-state index >= 15 is 0 Å². The number of hydrogen-bond acceptors (Lipinski definition) is 4. The Morgan fingerprint density at radius 3 is 2.62 bits per heavy atom. The summed E-state index contributed by atoms with van der Waals surface area (Å²) >= 11 is 1.73. The third-order valence-electron chi connectivity index (χ3n) is 2.97. The number of amides is 1. The molecule has 1 unspecified atom stereocenters. The first-order valence-electron chi connectivity index (χ1n) is 7.44. The Balaban J connectivity index is 0.00000106. The molecule has 21 heavy (non-hydrogen) atoms. The predicted molar refractivity (Wildman–Crippen MR) is 87.4 cm³/mol. The molecular formula is C16H27NO3S. The van der Waals surface area contributed by atoms with Gasteiger partial charge in [0.05, 0.1) is 6.04 Å². The fraction of sp³-hybridized carbons (Fsp3) is 0.688. The van der Waals surface area contributed by atoms with Crippen molar-refractivity contribution in [1.29, 1.82) is 0 Å². The van der Waals surface area contributed by atoms with E-state index in [-0.39, 0.29) is 12.1 Å². The lowest BCUT2D eigenvalue weighted by atomic mass is 10.1. The number of thiophene rings is 1. The Morgan fingerprint density at radius 2 is 2.05 bits per heavy atom. The second-order valence-electron chi connectivity index (χ2n) is 5.90. The minimum atomic E-state index is -0.467. The Bertz CT molecular complexity index is 476. The maximum absolute atomic E-state index is 12.0. The molecule has 0 fully saturated rings. The average molecular weight is 313 g/mol. The van der Waals surface area contributed by atoms with E-state index in [1.165, 1.54) is 9.75 Å². The molecule has 0 spiro atoms. The predicted octanol–water partition coefficient (Wildman–Crippen LogP) is 4.25. The first kappa shape index (κ1) is 17.8. The number of hydrogen-bond donors (Lipinski definition) is 0. The molecule has 2 heterocycles. The van der Waals surface area contributed by atoms with Crippen molar-refractivity contribution >= 4 is 17.4 Å². The van der Waals surface area contributed by atoms with E-state index in [4.69, 9.17) is 9.47 Å². The molecule has 0 saturated carbocycles. The van der Waals surface area contributed by atoms with Gasteiger partial charge in [0.25, 0.3) is 0 Å². The summed E-state index contributed by atoms with van der Waals surface area (Å²) in [7, 11) is 1.77. The van der Waals surface area contributed by atoms with Crippen LogP contribution in [0, 0.1) is 6.92 Å². The topological polar surface area (TPSA) is 38.8 Å². The molecule has 1 aliphatic rings. The molecule has 1 aliphatic heterocycles. The molecule has 0 radical (unpaired) electrons. The zero-order valence-electron chi connectivity index (χ0n) is 14.1. The van der Waals surface area contributed by atoms with E-state index in [1.54, 1.807) is 23.3 Å². The largest absolute Gasteiger partial charge is 0.490 e. The van der Waals surface area contributed by atoms with Gasteiger partial charge in [-0.25, -0.2) is 4.79 Å². The van der Waals surface area contributed by atoms with Gasteiger partial charge in [-0.05, 0) is 33.8 Å². The highest BCUT2D eigenvalue weighted by molar-refractivity contribution is 7.12. The number of ether oxygens (including phenoxy) is 2. The van der Waals surface area contributed by atoms with Crippen LogP contribution in [0.2, 0.25) is 0 Å². The molecule has 1 aromatic rings. The quantitative estimate of drug-likeness (QED) is 0.778. The van der Waals surface area contributed by atoms with Gasteiger partial charge in [0.15, 0.2) is 0 Å². The number of nitrogens with zero attached hydrogens (tertiary/aromatic N) is 1. The minimum absolute atomic E-state index is 0.0420. The summed E-state index contributed by atoms with van der Waals surface area (Å²) in [5, 5.41) is 0. The van der Waals surface area contributed by atoms with Crippen LogP contribution in [0.25, 0.3) is 0 Å². The van der Waals surface area contributed by atoms with Crippen molar-refractivity contribution in [3.63, 3.8) is 0 Å². The van der Waals surface area contributed by atoms with Gasteiger partial charge in [0, 0.05) is 23.2 Å². The molecule has 0 aliphatic carbocycles. The van der Waals surface area contributed by atoms with Gasteiger partial charge in [-0.2, -0.15) is 0 Å². The third kappa shape index (κ3) is 4.92. The van der Waals surface area contributed by atoms with Crippen molar-refractivity contribution in [2.45, 2.75) is 59.6 Å². The van der Waals surface area contributed by atoms with Crippen LogP contribution in [0.4, 0.5) is 4.79 Å². The van der Waals surface area contributed by atoms with Crippen LogP contribution in [0.5, 0.6) is 5.75 Å². The van der Waals surface area contributed by atoms with E-state index in [0.717, 1.165) is 12.2 Å². The highest BCUT2D eigenvalue weighted by Crippen LogP contribution is 2.34. The second-order valence-corrected chi connectivity index (χ2v) is 7.25. The smallest absolute Gasteiger partial charge is 0.410 e. The molecule has 4 nitrogen and oxygen atoms in total. The summed E-state index contributed by atoms with van der Waals surface area (Å²) < 4.78 is 11.1. The van der Waals surface area contributed by atoms with Gasteiger partial charge < -0.3 is 14.4 Å². The van der Waals surface area contributed by atoms with Crippen LogP contribution in [0.3, 0.4) is 0 Å². The van der Waals surface area contributed by atoms with Crippen LogP contribution < -0.4 is 4.74 Å². The highest BCUT2D eigenvalue weighted by atomic mass is 32.1. The number of rotatable bonds is 1. The van der Waals surface area contributed by atoms with E-state index in [9.17, 15) is 4.79 Å². The molecule has 1 amide bonds. The molecule has 0 aromatic carbocycles. The van der Waals surface area contributed by atoms with Crippen molar-refractivity contribution < 1.29 is 14.3 Å². The van der Waals surface area contributed by atoms with E-state index in [2.05, 4.69) is 13.0 Å². The zero-order chi connectivity index (χ0) is 16.2. The molecule has 2 rings (SSSR count). The lowest BCUT2D eigenvalue weighted by molar-refractivity contribution is 0.0161. The van der Waals surface area contributed by atoms with Crippen molar-refractivity contribution in [2.75, 3.05) is 13.7 Å². The Morgan fingerprint density at radius 1 is 1.43 bits per heavy atom. The summed E-state index contributed by atoms with van der Waals surface area (Å²) in [6, 6.07) is 2.10. The van der Waals surface area contributed by atoms with Gasteiger partial charge in [-0.1, -0.05) is 13.8 Å². The Kier molecular flexibility index (Phi) is 6.08. The standard InChI is InChI=1S/C14H21NO3S.C2H6/c1-9-6-11-12(19-9)7-10(8-17-11)15(5)13(16)18-14(2,3)4;1-2/h6,10H,7-8H2,1-5H3;1-2H3. The second kappa shape index (κ2) is 7.16. The van der Waals surface area contributed by atoms with E-state index in [0.29, 0.717) is 6.61 Å². The lowest BCUT2D eigenvalue weighted by Crippen LogP contribution is -2.45. The summed E-state index contributed by atoms with van der Waals surface area (Å²) in [5.74, 6) is 0.969. The molecule has 0 saturated heterocycles. The maximum Gasteiger partial charge on any atom is 0.410 e. The first-order chi connectivity index (χ1) is 9.76. The molecule has 0 N–H and O–H groups in total. The van der Waals surface area contributed by atoms with Crippen LogP contribution in [-0.4, -0.2) is 36.3 Å². The fourth-order valence-electron chi connectivity index (χ4n) is 1.99. The van der Waals surface area contributed by atoms with Crippen molar-refractivity contribution in [3.05, 3.63) is 15.8 Å². The monoisotopic (exact) mass is 313 g/mol. The van der Waals surface area contributed by atoms with E-state index < -0.39 is 5.60 Å². The molecule has 5 heteroatoms. The van der Waals surface area contributed by atoms with Gasteiger partial charge in [-0.3, -0.25) is 0 Å². The molecule has 120 valence electrons. The lowest BCUT2D eigenvalue weighted by Gasteiger charge is -2.32. The van der Waals surface area contributed by atoms with Gasteiger partial charge in [0.1, 0.15) is 18.0 Å². The first-order valence-corrected chi connectivity index (χ1v) is 8.26. The molecule has 1 aromatic heterocycles. The van der Waals surface area contributed by atoms with Gasteiger partial charge >= 0.3 is 6.09 Å². The Hall–Kier alpha value is -1.23. The number of likely N-dealkylation sites (N-methyl/N-ethyl adjacent to an activating group) is 1. The minimum Gasteiger partial charge on any atom is -0.490 e. The van der Waals surface area contributed by atoms with Crippen molar-refractivity contribution in [2.24, 2.45) is 0 Å². The average Bonchev–Trinajstić information content (AvgIpc) is 2.77. The van der Waals surface area contributed by atoms with Gasteiger partial charge in [0.2, 0.25) is 0 Å². The highest BCUT2D eigenvalue weighted by Gasteiger charge is 2.30. The van der Waals surface area contributed by atoms with Crippen LogP contribution in [0.15, 0.2) is 6.07 Å². The van der Waals surface area contributed by atoms with Crippen LogP contribution in [-0.2, 0) is 11.2 Å². The van der Waals surface area contributed by atoms with Crippen LogP contribution in [0.1, 0.15) is 44.4 Å². The summed E-state index contributed by atoms with van der Waals surface area (Å²) in [6.07, 6.45) is 0.543. The Labute approximate surface area is 132 Å². The normalized spacial score (nSPS) is 17.0. The molecular weight excluding hydrogens is 286 g/mol.